The number of nitrogens with zero attached hydrogens (tertiary/aromatic N) is 4. The van der Waals surface area contributed by atoms with Crippen LogP contribution in [0.5, 0.6) is 0 Å². The number of benzene rings is 1. The number of aliphatic hydroxyl groups excluding tert-OH is 1. The molecule has 1 aliphatic carbocycles. The Morgan fingerprint density at radius 2 is 1.95 bits per heavy atom. The van der Waals surface area contributed by atoms with Gasteiger partial charge in [0.1, 0.15) is 33.0 Å². The zero-order valence-electron chi connectivity index (χ0n) is 23.2. The molecule has 2 aliphatic rings. The average Bonchev–Trinajstić information content (AvgIpc) is 2.86. The first-order valence-electron chi connectivity index (χ1n) is 13.7. The summed E-state index contributed by atoms with van der Waals surface area (Å²) < 4.78 is 38.4. The van der Waals surface area contributed by atoms with E-state index in [4.69, 9.17) is 4.98 Å². The van der Waals surface area contributed by atoms with Gasteiger partial charge in [-0.05, 0) is 68.2 Å². The lowest BCUT2D eigenvalue weighted by Gasteiger charge is -2.48. The maximum atomic E-state index is 14.8. The molecular formula is C29H38FN5O3S. The van der Waals surface area contributed by atoms with E-state index in [0.29, 0.717) is 42.8 Å². The van der Waals surface area contributed by atoms with Gasteiger partial charge in [0, 0.05) is 54.1 Å². The Morgan fingerprint density at radius 1 is 1.18 bits per heavy atom. The van der Waals surface area contributed by atoms with Gasteiger partial charge in [0.05, 0.1) is 11.9 Å². The van der Waals surface area contributed by atoms with E-state index in [0.717, 1.165) is 16.5 Å². The van der Waals surface area contributed by atoms with Crippen LogP contribution in [0.15, 0.2) is 36.7 Å². The Balaban J connectivity index is 1.41. The van der Waals surface area contributed by atoms with Crippen LogP contribution in [0.1, 0.15) is 70.2 Å². The number of hydrogen-bond donors (Lipinski definition) is 2. The van der Waals surface area contributed by atoms with Crippen LogP contribution >= 0.6 is 0 Å². The van der Waals surface area contributed by atoms with Gasteiger partial charge < -0.3 is 15.3 Å². The van der Waals surface area contributed by atoms with Crippen molar-refractivity contribution in [2.75, 3.05) is 28.8 Å². The number of nitrogens with one attached hydrogen (secondary N) is 1. The Bertz CT molecular complexity index is 1480. The first kappa shape index (κ1) is 27.7. The lowest BCUT2D eigenvalue weighted by Crippen LogP contribution is -2.57. The van der Waals surface area contributed by atoms with Gasteiger partial charge >= 0.3 is 0 Å². The normalized spacial score (nSPS) is 27.5. The summed E-state index contributed by atoms with van der Waals surface area (Å²) in [6, 6.07) is 8.19. The number of sulfone groups is 1. The number of fused-ring (bicyclic) bond motifs is 1. The topological polar surface area (TPSA) is 108 Å². The molecule has 8 nitrogen and oxygen atoms in total. The molecule has 3 aromatic rings. The number of aromatic nitrogens is 3. The lowest BCUT2D eigenvalue weighted by atomic mass is 9.78. The third-order valence-electron chi connectivity index (χ3n) is 8.39. The van der Waals surface area contributed by atoms with Crippen molar-refractivity contribution in [2.45, 2.75) is 76.6 Å². The van der Waals surface area contributed by atoms with Gasteiger partial charge in [0.2, 0.25) is 0 Å². The summed E-state index contributed by atoms with van der Waals surface area (Å²) in [5, 5.41) is 15.4. The summed E-state index contributed by atoms with van der Waals surface area (Å²) in [7, 11) is -3.02. The summed E-state index contributed by atoms with van der Waals surface area (Å²) in [6.45, 7) is 8.54. The second-order valence-corrected chi connectivity index (χ2v) is 14.1. The summed E-state index contributed by atoms with van der Waals surface area (Å²) in [6.07, 6.45) is 5.09. The highest BCUT2D eigenvalue weighted by atomic mass is 32.2. The third kappa shape index (κ3) is 5.72. The molecule has 5 rings (SSSR count). The van der Waals surface area contributed by atoms with Crippen molar-refractivity contribution in [1.82, 2.24) is 15.0 Å². The zero-order valence-corrected chi connectivity index (χ0v) is 24.0. The second-order valence-electron chi connectivity index (χ2n) is 11.9. The zero-order chi connectivity index (χ0) is 28.1. The molecule has 3 heterocycles. The molecule has 5 atom stereocenters. The molecule has 0 bridgehead atoms. The van der Waals surface area contributed by atoms with Crippen LogP contribution in [0.3, 0.4) is 0 Å². The molecule has 2 aromatic heterocycles. The van der Waals surface area contributed by atoms with Crippen molar-refractivity contribution in [3.05, 3.63) is 48.0 Å². The van der Waals surface area contributed by atoms with E-state index in [2.05, 4.69) is 53.1 Å². The molecule has 2 N–H and O–H groups in total. The van der Waals surface area contributed by atoms with Crippen LogP contribution in [-0.4, -0.2) is 64.8 Å². The van der Waals surface area contributed by atoms with Gasteiger partial charge in [0.15, 0.2) is 0 Å². The number of aliphatic hydroxyl groups is 1. The van der Waals surface area contributed by atoms with Gasteiger partial charge in [-0.3, -0.25) is 0 Å². The van der Waals surface area contributed by atoms with Gasteiger partial charge in [-0.2, -0.15) is 0 Å². The molecule has 2 fully saturated rings. The highest BCUT2D eigenvalue weighted by Gasteiger charge is 2.41. The van der Waals surface area contributed by atoms with E-state index in [1.54, 1.807) is 12.3 Å². The van der Waals surface area contributed by atoms with Crippen molar-refractivity contribution in [2.24, 2.45) is 5.92 Å². The minimum Gasteiger partial charge on any atom is -0.390 e. The Hall–Kier alpha value is -2.85. The largest absolute Gasteiger partial charge is 0.390 e. The van der Waals surface area contributed by atoms with Crippen molar-refractivity contribution in [3.63, 3.8) is 0 Å². The van der Waals surface area contributed by atoms with E-state index < -0.39 is 21.6 Å². The van der Waals surface area contributed by atoms with Crippen LogP contribution in [-0.2, 0) is 9.84 Å². The molecule has 1 aromatic carbocycles. The lowest BCUT2D eigenvalue weighted by molar-refractivity contribution is -0.0343. The van der Waals surface area contributed by atoms with Crippen LogP contribution in [0.2, 0.25) is 0 Å². The number of pyridine rings is 1. The minimum absolute atomic E-state index is 0.114. The van der Waals surface area contributed by atoms with Crippen LogP contribution in [0.25, 0.3) is 10.8 Å². The SMILES string of the molecule is CC(C)c1ccc(N2C[C@@H](CS(C)(=O)=O)[C@@H]2C)c2cnc(Nc3ccnc([C@H]4CC[C@@H](O)[C@@](C)(F)C4)n3)cc12. The van der Waals surface area contributed by atoms with Crippen molar-refractivity contribution >= 4 is 37.9 Å². The quantitative estimate of drug-likeness (QED) is 0.414. The van der Waals surface area contributed by atoms with Crippen molar-refractivity contribution in [1.29, 1.82) is 0 Å². The monoisotopic (exact) mass is 555 g/mol. The predicted molar refractivity (Wildman–Crippen MR) is 153 cm³/mol. The highest BCUT2D eigenvalue weighted by Crippen LogP contribution is 2.41. The number of halogens is 1. The minimum atomic E-state index is -3.02. The van der Waals surface area contributed by atoms with E-state index in [1.165, 1.54) is 18.7 Å². The first-order chi connectivity index (χ1) is 18.3. The van der Waals surface area contributed by atoms with Crippen molar-refractivity contribution < 1.29 is 17.9 Å². The average molecular weight is 556 g/mol. The van der Waals surface area contributed by atoms with E-state index in [9.17, 15) is 17.9 Å². The molecule has 1 saturated carbocycles. The number of hydrogen-bond acceptors (Lipinski definition) is 8. The molecule has 0 radical (unpaired) electrons. The fourth-order valence-electron chi connectivity index (χ4n) is 6.03. The Kier molecular flexibility index (Phi) is 7.30. The third-order valence-corrected chi connectivity index (χ3v) is 9.42. The number of rotatable bonds is 7. The van der Waals surface area contributed by atoms with Gasteiger partial charge in [-0.15, -0.1) is 0 Å². The van der Waals surface area contributed by atoms with E-state index >= 15 is 0 Å². The van der Waals surface area contributed by atoms with Crippen LogP contribution < -0.4 is 10.2 Å². The summed E-state index contributed by atoms with van der Waals surface area (Å²) in [5.41, 5.74) is 0.606. The maximum Gasteiger partial charge on any atom is 0.147 e. The standard InChI is InChI=1S/C29H38FN5O3S/c1-17(2)21-7-8-24(35-15-20(18(35)3)16-39(5,37)38)23-14-32-27(12-22(21)23)33-26-10-11-31-28(34-26)19-6-9-25(36)29(4,30)13-19/h7-8,10-12,14,17-20,25,36H,6,9,13,15-16H2,1-5H3,(H,31,32,33,34)/t18-,19-,20-,25+,29-/m0/s1. The number of anilines is 3. The molecular weight excluding hydrogens is 517 g/mol. The van der Waals surface area contributed by atoms with Gasteiger partial charge in [-0.25, -0.2) is 27.8 Å². The van der Waals surface area contributed by atoms with Crippen LogP contribution in [0, 0.1) is 5.92 Å². The molecule has 10 heteroatoms. The summed E-state index contributed by atoms with van der Waals surface area (Å²) >= 11 is 0. The first-order valence-corrected chi connectivity index (χ1v) is 15.7. The van der Waals surface area contributed by atoms with Gasteiger partial charge in [-0.1, -0.05) is 19.9 Å². The fraction of sp³-hybridized carbons (Fsp3) is 0.552. The Labute approximate surface area is 230 Å². The molecule has 0 unspecified atom stereocenters. The summed E-state index contributed by atoms with van der Waals surface area (Å²) in [5.74, 6) is 2.25. The van der Waals surface area contributed by atoms with Gasteiger partial charge in [0.25, 0.3) is 0 Å². The molecule has 210 valence electrons. The second kappa shape index (κ2) is 10.3. The highest BCUT2D eigenvalue weighted by molar-refractivity contribution is 7.90. The fourth-order valence-corrected chi connectivity index (χ4v) is 7.19. The van der Waals surface area contributed by atoms with E-state index in [-0.39, 0.29) is 30.1 Å². The molecule has 39 heavy (non-hydrogen) atoms. The Morgan fingerprint density at radius 3 is 2.62 bits per heavy atom. The molecule has 1 aliphatic heterocycles. The smallest absolute Gasteiger partial charge is 0.147 e. The number of alkyl halides is 1. The molecule has 0 spiro atoms. The maximum absolute atomic E-state index is 14.8. The van der Waals surface area contributed by atoms with Crippen LogP contribution in [0.4, 0.5) is 21.7 Å². The predicted octanol–water partition coefficient (Wildman–Crippen LogP) is 5.12. The molecule has 0 amide bonds. The van der Waals surface area contributed by atoms with E-state index in [1.807, 2.05) is 12.3 Å². The van der Waals surface area contributed by atoms with Crippen molar-refractivity contribution in [3.8, 4) is 0 Å². The summed E-state index contributed by atoms with van der Waals surface area (Å²) in [4.78, 5) is 16.0. The molecule has 1 saturated heterocycles.